The first-order chi connectivity index (χ1) is 20.3. The maximum absolute atomic E-state index is 13.2. The molecule has 0 spiro atoms. The fourth-order valence-electron chi connectivity index (χ4n) is 5.90. The molecule has 218 valence electrons. The van der Waals surface area contributed by atoms with Gasteiger partial charge in [0, 0.05) is 31.0 Å². The van der Waals surface area contributed by atoms with Crippen molar-refractivity contribution in [2.75, 3.05) is 36.5 Å². The van der Waals surface area contributed by atoms with E-state index in [1.807, 2.05) is 66.7 Å². The van der Waals surface area contributed by atoms with Crippen LogP contribution in [0.2, 0.25) is 0 Å². The summed E-state index contributed by atoms with van der Waals surface area (Å²) in [5.74, 6) is -0.350. The molecule has 4 N–H and O–H groups in total. The van der Waals surface area contributed by atoms with Crippen LogP contribution in [0.25, 0.3) is 0 Å². The number of nitrogens with one attached hydrogen (secondary N) is 2. The summed E-state index contributed by atoms with van der Waals surface area (Å²) in [6.45, 7) is 4.54. The third-order valence-corrected chi connectivity index (χ3v) is 8.01. The first-order valence-electron chi connectivity index (χ1n) is 14.2. The van der Waals surface area contributed by atoms with Crippen molar-refractivity contribution in [1.82, 2.24) is 10.5 Å². The highest BCUT2D eigenvalue weighted by atomic mass is 16.5. The topological polar surface area (TPSA) is 128 Å². The van der Waals surface area contributed by atoms with Crippen molar-refractivity contribution in [1.29, 1.82) is 0 Å². The Morgan fingerprint density at radius 1 is 0.952 bits per heavy atom. The number of hydrogen-bond donors (Lipinski definition) is 4. The molecule has 2 amide bonds. The van der Waals surface area contributed by atoms with Gasteiger partial charge in [0.2, 0.25) is 0 Å². The standard InChI is InChI=1S/C33H36N4O5/c1-22-30(23(2)42-36-22)32(40)35-27-13-14-29(28(21-27)31(39)34-17-20-38)37-18-15-26(16-19-37)33(41,24-9-5-3-6-10-24)25-11-7-4-8-12-25/h3-14,21,26,38,41H,15-20H2,1-2H3,(H,34,39)(H,35,40). The minimum absolute atomic E-state index is 0.0428. The molecule has 1 aliphatic rings. The van der Waals surface area contributed by atoms with Crippen LogP contribution >= 0.6 is 0 Å². The van der Waals surface area contributed by atoms with Gasteiger partial charge in [-0.3, -0.25) is 9.59 Å². The summed E-state index contributed by atoms with van der Waals surface area (Å²) < 4.78 is 5.12. The van der Waals surface area contributed by atoms with Gasteiger partial charge in [0.25, 0.3) is 11.8 Å². The van der Waals surface area contributed by atoms with Crippen molar-refractivity contribution in [3.05, 3.63) is 113 Å². The lowest BCUT2D eigenvalue weighted by Gasteiger charge is -2.43. The Kier molecular flexibility index (Phi) is 8.70. The Morgan fingerprint density at radius 3 is 2.12 bits per heavy atom. The van der Waals surface area contributed by atoms with E-state index in [1.165, 1.54) is 0 Å². The van der Waals surface area contributed by atoms with Crippen molar-refractivity contribution in [2.45, 2.75) is 32.3 Å². The quantitative estimate of drug-likeness (QED) is 0.235. The second kappa shape index (κ2) is 12.6. The van der Waals surface area contributed by atoms with E-state index >= 15 is 0 Å². The Labute approximate surface area is 245 Å². The summed E-state index contributed by atoms with van der Waals surface area (Å²) >= 11 is 0. The number of rotatable bonds is 9. The number of aromatic nitrogens is 1. The van der Waals surface area contributed by atoms with Crippen LogP contribution in [0, 0.1) is 19.8 Å². The van der Waals surface area contributed by atoms with Crippen LogP contribution in [0.3, 0.4) is 0 Å². The number of anilines is 2. The van der Waals surface area contributed by atoms with Crippen molar-refractivity contribution >= 4 is 23.2 Å². The van der Waals surface area contributed by atoms with Crippen LogP contribution < -0.4 is 15.5 Å². The third kappa shape index (κ3) is 5.79. The fraction of sp³-hybridized carbons (Fsp3) is 0.303. The molecular formula is C33H36N4O5. The SMILES string of the molecule is Cc1noc(C)c1C(=O)Nc1ccc(N2CCC(C(O)(c3ccccc3)c3ccccc3)CC2)c(C(=O)NCCO)c1. The second-order valence-corrected chi connectivity index (χ2v) is 10.6. The van der Waals surface area contributed by atoms with Crippen LogP contribution in [-0.4, -0.2) is 53.4 Å². The van der Waals surface area contributed by atoms with E-state index in [1.54, 1.807) is 26.0 Å². The van der Waals surface area contributed by atoms with Gasteiger partial charge in [0.1, 0.15) is 16.9 Å². The number of carbonyl (C=O) groups is 2. The highest BCUT2D eigenvalue weighted by Crippen LogP contribution is 2.43. The molecule has 42 heavy (non-hydrogen) atoms. The zero-order valence-corrected chi connectivity index (χ0v) is 23.8. The van der Waals surface area contributed by atoms with Crippen molar-refractivity contribution in [3.63, 3.8) is 0 Å². The summed E-state index contributed by atoms with van der Waals surface area (Å²) in [6.07, 6.45) is 1.39. The van der Waals surface area contributed by atoms with Crippen LogP contribution in [0.1, 0.15) is 56.1 Å². The lowest BCUT2D eigenvalue weighted by atomic mass is 9.72. The summed E-state index contributed by atoms with van der Waals surface area (Å²) in [4.78, 5) is 28.3. The van der Waals surface area contributed by atoms with Crippen molar-refractivity contribution < 1.29 is 24.3 Å². The normalized spacial score (nSPS) is 14.0. The molecule has 0 unspecified atom stereocenters. The van der Waals surface area contributed by atoms with Gasteiger partial charge in [-0.2, -0.15) is 0 Å². The van der Waals surface area contributed by atoms with E-state index in [0.717, 1.165) is 16.8 Å². The smallest absolute Gasteiger partial charge is 0.261 e. The number of piperidine rings is 1. The van der Waals surface area contributed by atoms with Gasteiger partial charge in [-0.1, -0.05) is 65.8 Å². The lowest BCUT2D eigenvalue weighted by Crippen LogP contribution is -2.44. The second-order valence-electron chi connectivity index (χ2n) is 10.6. The molecule has 0 atom stereocenters. The fourth-order valence-corrected chi connectivity index (χ4v) is 5.90. The molecule has 2 heterocycles. The van der Waals surface area contributed by atoms with Crippen LogP contribution in [0.4, 0.5) is 11.4 Å². The molecule has 0 bridgehead atoms. The number of hydrogen-bond acceptors (Lipinski definition) is 7. The van der Waals surface area contributed by atoms with E-state index in [9.17, 15) is 19.8 Å². The zero-order valence-electron chi connectivity index (χ0n) is 23.8. The van der Waals surface area contributed by atoms with Crippen molar-refractivity contribution in [3.8, 4) is 0 Å². The van der Waals surface area contributed by atoms with E-state index in [4.69, 9.17) is 4.52 Å². The Balaban J connectivity index is 1.40. The zero-order chi connectivity index (χ0) is 29.7. The Morgan fingerprint density at radius 2 is 1.57 bits per heavy atom. The van der Waals surface area contributed by atoms with Gasteiger partial charge in [-0.05, 0) is 61.9 Å². The number of aliphatic hydroxyl groups is 2. The predicted octanol–water partition coefficient (Wildman–Crippen LogP) is 4.42. The minimum Gasteiger partial charge on any atom is -0.395 e. The first-order valence-corrected chi connectivity index (χ1v) is 14.2. The number of benzene rings is 3. The molecule has 9 heteroatoms. The number of aliphatic hydroxyl groups excluding tert-OH is 1. The number of amides is 2. The van der Waals surface area contributed by atoms with Crippen LogP contribution in [0.15, 0.2) is 83.4 Å². The molecule has 0 saturated carbocycles. The largest absolute Gasteiger partial charge is 0.395 e. The van der Waals surface area contributed by atoms with Gasteiger partial charge in [-0.25, -0.2) is 0 Å². The molecule has 1 fully saturated rings. The summed E-state index contributed by atoms with van der Waals surface area (Å²) in [7, 11) is 0. The maximum Gasteiger partial charge on any atom is 0.261 e. The van der Waals surface area contributed by atoms with E-state index in [0.29, 0.717) is 54.2 Å². The molecule has 1 saturated heterocycles. The third-order valence-electron chi connectivity index (χ3n) is 8.01. The highest BCUT2D eigenvalue weighted by molar-refractivity contribution is 6.07. The Bertz CT molecular complexity index is 1470. The van der Waals surface area contributed by atoms with Gasteiger partial charge < -0.3 is 30.3 Å². The average molecular weight is 569 g/mol. The van der Waals surface area contributed by atoms with Gasteiger partial charge in [-0.15, -0.1) is 0 Å². The van der Waals surface area contributed by atoms with Gasteiger partial charge >= 0.3 is 0 Å². The molecule has 1 aliphatic heterocycles. The van der Waals surface area contributed by atoms with E-state index in [2.05, 4.69) is 20.7 Å². The minimum atomic E-state index is -1.15. The molecule has 0 aliphatic carbocycles. The molecule has 9 nitrogen and oxygen atoms in total. The van der Waals surface area contributed by atoms with E-state index in [-0.39, 0.29) is 30.9 Å². The molecular weight excluding hydrogens is 532 g/mol. The molecule has 3 aromatic carbocycles. The van der Waals surface area contributed by atoms with Gasteiger partial charge in [0.15, 0.2) is 0 Å². The van der Waals surface area contributed by atoms with Crippen molar-refractivity contribution in [2.24, 2.45) is 5.92 Å². The average Bonchev–Trinajstić information content (AvgIpc) is 3.37. The van der Waals surface area contributed by atoms with Gasteiger partial charge in [0.05, 0.1) is 17.9 Å². The molecule has 1 aromatic heterocycles. The summed E-state index contributed by atoms with van der Waals surface area (Å²) in [5.41, 5.74) is 2.97. The number of nitrogens with zero attached hydrogens (tertiary/aromatic N) is 2. The maximum atomic E-state index is 13.2. The predicted molar refractivity (Wildman–Crippen MR) is 161 cm³/mol. The Hall–Kier alpha value is -4.47. The summed E-state index contributed by atoms with van der Waals surface area (Å²) in [5, 5.41) is 31.0. The van der Waals surface area contributed by atoms with Crippen LogP contribution in [0.5, 0.6) is 0 Å². The lowest BCUT2D eigenvalue weighted by molar-refractivity contribution is 0.00504. The number of aryl methyl sites for hydroxylation is 2. The first kappa shape index (κ1) is 29.0. The molecule has 4 aromatic rings. The monoisotopic (exact) mass is 568 g/mol. The van der Waals surface area contributed by atoms with E-state index < -0.39 is 5.60 Å². The number of carbonyl (C=O) groups excluding carboxylic acids is 2. The molecule has 0 radical (unpaired) electrons. The molecule has 5 rings (SSSR count). The highest BCUT2D eigenvalue weighted by Gasteiger charge is 2.41. The summed E-state index contributed by atoms with van der Waals surface area (Å²) in [6, 6.07) is 24.8. The van der Waals surface area contributed by atoms with Crippen LogP contribution in [-0.2, 0) is 5.60 Å².